The Morgan fingerprint density at radius 3 is 2.00 bits per heavy atom. The number of aliphatic carboxylic acids is 1. The summed E-state index contributed by atoms with van der Waals surface area (Å²) in [7, 11) is 0. The van der Waals surface area contributed by atoms with Gasteiger partial charge in [-0.15, -0.1) is 0 Å². The molecule has 0 aliphatic carbocycles. The van der Waals surface area contributed by atoms with Crippen LogP contribution >= 0.6 is 0 Å². The first kappa shape index (κ1) is 13.8. The number of carboxylic acids is 1. The quantitative estimate of drug-likeness (QED) is 0.890. The lowest BCUT2D eigenvalue weighted by molar-refractivity contribution is -0.161. The molecular formula is C16H13NO3. The third-order valence-corrected chi connectivity index (χ3v) is 3.22. The molecule has 0 radical (unpaired) electrons. The third-order valence-electron chi connectivity index (χ3n) is 3.22. The molecule has 2 aromatic carbocycles. The number of benzene rings is 2. The van der Waals surface area contributed by atoms with Gasteiger partial charge in [0.05, 0.1) is 6.07 Å². The second-order valence-corrected chi connectivity index (χ2v) is 4.41. The highest BCUT2D eigenvalue weighted by atomic mass is 16.4. The van der Waals surface area contributed by atoms with E-state index in [9.17, 15) is 20.3 Å². The van der Waals surface area contributed by atoms with Crippen molar-refractivity contribution in [1.29, 1.82) is 5.26 Å². The zero-order valence-corrected chi connectivity index (χ0v) is 10.6. The molecule has 2 unspecified atom stereocenters. The van der Waals surface area contributed by atoms with Gasteiger partial charge in [-0.05, 0) is 11.1 Å². The van der Waals surface area contributed by atoms with Gasteiger partial charge in [0.1, 0.15) is 5.92 Å². The number of hydrogen-bond acceptors (Lipinski definition) is 3. The number of nitriles is 1. The van der Waals surface area contributed by atoms with Gasteiger partial charge in [-0.25, -0.2) is 4.79 Å². The average molecular weight is 267 g/mol. The smallest absolute Gasteiger partial charge is 0.342 e. The van der Waals surface area contributed by atoms with Crippen molar-refractivity contribution >= 4 is 5.97 Å². The maximum atomic E-state index is 11.6. The van der Waals surface area contributed by atoms with Gasteiger partial charge >= 0.3 is 5.97 Å². The van der Waals surface area contributed by atoms with E-state index < -0.39 is 17.5 Å². The van der Waals surface area contributed by atoms with E-state index in [1.54, 1.807) is 48.5 Å². The van der Waals surface area contributed by atoms with E-state index in [0.29, 0.717) is 5.56 Å². The lowest BCUT2D eigenvalue weighted by atomic mass is 9.78. The fourth-order valence-electron chi connectivity index (χ4n) is 2.16. The minimum atomic E-state index is -2.28. The van der Waals surface area contributed by atoms with Crippen molar-refractivity contribution < 1.29 is 15.0 Å². The monoisotopic (exact) mass is 267 g/mol. The molecule has 2 N–H and O–H groups in total. The fraction of sp³-hybridized carbons (Fsp3) is 0.125. The van der Waals surface area contributed by atoms with E-state index in [-0.39, 0.29) is 5.56 Å². The van der Waals surface area contributed by atoms with E-state index in [2.05, 4.69) is 0 Å². The van der Waals surface area contributed by atoms with Gasteiger partial charge in [-0.3, -0.25) is 0 Å². The van der Waals surface area contributed by atoms with Gasteiger partial charge in [-0.2, -0.15) is 5.26 Å². The number of carbonyl (C=O) groups is 1. The van der Waals surface area contributed by atoms with Crippen LogP contribution in [-0.4, -0.2) is 16.2 Å². The van der Waals surface area contributed by atoms with Crippen LogP contribution in [0.3, 0.4) is 0 Å². The molecule has 0 bridgehead atoms. The second kappa shape index (κ2) is 5.55. The summed E-state index contributed by atoms with van der Waals surface area (Å²) in [6.07, 6.45) is 0. The number of carboxylic acid groups (broad SMARTS) is 1. The molecule has 0 saturated carbocycles. The van der Waals surface area contributed by atoms with Crippen LogP contribution in [0.25, 0.3) is 0 Å². The minimum Gasteiger partial charge on any atom is -0.479 e. The van der Waals surface area contributed by atoms with E-state index in [0.717, 1.165) is 0 Å². The highest BCUT2D eigenvalue weighted by molar-refractivity contribution is 5.81. The van der Waals surface area contributed by atoms with Crippen LogP contribution in [0.4, 0.5) is 0 Å². The molecule has 0 heterocycles. The Hall–Kier alpha value is -2.64. The topological polar surface area (TPSA) is 81.3 Å². The number of aliphatic hydroxyl groups is 1. The first-order chi connectivity index (χ1) is 9.60. The summed E-state index contributed by atoms with van der Waals surface area (Å²) in [5, 5.41) is 29.5. The number of rotatable bonds is 4. The van der Waals surface area contributed by atoms with Gasteiger partial charge < -0.3 is 10.2 Å². The van der Waals surface area contributed by atoms with Crippen LogP contribution in [0.5, 0.6) is 0 Å². The Labute approximate surface area is 116 Å². The van der Waals surface area contributed by atoms with Crippen LogP contribution in [0.1, 0.15) is 17.0 Å². The predicted molar refractivity (Wildman–Crippen MR) is 72.8 cm³/mol. The van der Waals surface area contributed by atoms with Gasteiger partial charge in [-0.1, -0.05) is 60.7 Å². The molecule has 2 rings (SSSR count). The predicted octanol–water partition coefficient (Wildman–Crippen LogP) is 2.27. The van der Waals surface area contributed by atoms with Crippen molar-refractivity contribution in [2.45, 2.75) is 11.5 Å². The maximum Gasteiger partial charge on any atom is 0.342 e. The summed E-state index contributed by atoms with van der Waals surface area (Å²) >= 11 is 0. The van der Waals surface area contributed by atoms with E-state index in [1.807, 2.05) is 6.07 Å². The first-order valence-electron chi connectivity index (χ1n) is 6.06. The van der Waals surface area contributed by atoms with Crippen molar-refractivity contribution in [2.24, 2.45) is 0 Å². The Morgan fingerprint density at radius 1 is 1.05 bits per heavy atom. The normalized spacial score (nSPS) is 14.8. The molecule has 4 nitrogen and oxygen atoms in total. The third kappa shape index (κ3) is 2.27. The van der Waals surface area contributed by atoms with Crippen molar-refractivity contribution in [2.75, 3.05) is 0 Å². The summed E-state index contributed by atoms with van der Waals surface area (Å²) in [6.45, 7) is 0. The highest BCUT2D eigenvalue weighted by Gasteiger charge is 2.47. The number of nitrogens with zero attached hydrogens (tertiary/aromatic N) is 1. The maximum absolute atomic E-state index is 11.6. The van der Waals surface area contributed by atoms with Crippen molar-refractivity contribution in [1.82, 2.24) is 0 Å². The summed E-state index contributed by atoms with van der Waals surface area (Å²) in [4.78, 5) is 11.6. The van der Waals surface area contributed by atoms with E-state index >= 15 is 0 Å². The van der Waals surface area contributed by atoms with Gasteiger partial charge in [0.15, 0.2) is 0 Å². The van der Waals surface area contributed by atoms with Crippen molar-refractivity contribution in [3.8, 4) is 6.07 Å². The average Bonchev–Trinajstić information content (AvgIpc) is 2.49. The lowest BCUT2D eigenvalue weighted by Gasteiger charge is -2.28. The molecule has 20 heavy (non-hydrogen) atoms. The summed E-state index contributed by atoms with van der Waals surface area (Å²) in [5.74, 6) is -2.64. The zero-order chi connectivity index (χ0) is 14.6. The Bertz CT molecular complexity index is 634. The van der Waals surface area contributed by atoms with Crippen LogP contribution in [-0.2, 0) is 10.4 Å². The molecule has 100 valence electrons. The van der Waals surface area contributed by atoms with Crippen molar-refractivity contribution in [3.63, 3.8) is 0 Å². The summed E-state index contributed by atoms with van der Waals surface area (Å²) in [5.41, 5.74) is -1.64. The molecule has 0 aliphatic heterocycles. The molecule has 0 fully saturated rings. The minimum absolute atomic E-state index is 0.183. The summed E-state index contributed by atoms with van der Waals surface area (Å²) in [6, 6.07) is 18.3. The Kier molecular flexibility index (Phi) is 3.83. The number of hydrogen-bond donors (Lipinski definition) is 2. The molecular weight excluding hydrogens is 254 g/mol. The molecule has 0 saturated heterocycles. The van der Waals surface area contributed by atoms with E-state index in [4.69, 9.17) is 0 Å². The highest BCUT2D eigenvalue weighted by Crippen LogP contribution is 2.36. The van der Waals surface area contributed by atoms with Gasteiger partial charge in [0.25, 0.3) is 0 Å². The standard InChI is InChI=1S/C16H13NO3/c17-11-14(12-7-3-1-4-8-12)16(20,15(18)19)13-9-5-2-6-10-13/h1-10,14,20H,(H,18,19). The SMILES string of the molecule is N#CC(c1ccccc1)C(O)(C(=O)O)c1ccccc1. The van der Waals surface area contributed by atoms with Gasteiger partial charge in [0.2, 0.25) is 5.60 Å². The zero-order valence-electron chi connectivity index (χ0n) is 10.6. The van der Waals surface area contributed by atoms with Crippen molar-refractivity contribution in [3.05, 3.63) is 71.8 Å². The largest absolute Gasteiger partial charge is 0.479 e. The van der Waals surface area contributed by atoms with Crippen LogP contribution in [0.2, 0.25) is 0 Å². The Morgan fingerprint density at radius 2 is 1.55 bits per heavy atom. The molecule has 0 aliphatic rings. The fourth-order valence-corrected chi connectivity index (χ4v) is 2.16. The van der Waals surface area contributed by atoms with Crippen LogP contribution < -0.4 is 0 Å². The Balaban J connectivity index is 2.59. The molecule has 2 atom stereocenters. The van der Waals surface area contributed by atoms with Crippen LogP contribution in [0.15, 0.2) is 60.7 Å². The van der Waals surface area contributed by atoms with Crippen LogP contribution in [0, 0.1) is 11.3 Å². The first-order valence-corrected chi connectivity index (χ1v) is 6.06. The molecule has 0 aromatic heterocycles. The molecule has 4 heteroatoms. The second-order valence-electron chi connectivity index (χ2n) is 4.41. The lowest BCUT2D eigenvalue weighted by Crippen LogP contribution is -2.41. The molecule has 0 amide bonds. The van der Waals surface area contributed by atoms with E-state index in [1.165, 1.54) is 12.1 Å². The molecule has 0 spiro atoms. The van der Waals surface area contributed by atoms with Gasteiger partial charge in [0, 0.05) is 0 Å². The molecule has 2 aromatic rings. The summed E-state index contributed by atoms with van der Waals surface area (Å²) < 4.78 is 0.